The number of ether oxygens (including phenoxy) is 2. The van der Waals surface area contributed by atoms with E-state index in [2.05, 4.69) is 40.7 Å². The van der Waals surface area contributed by atoms with Crippen molar-refractivity contribution in [1.29, 1.82) is 0 Å². The molecule has 5 fully saturated rings. The van der Waals surface area contributed by atoms with Gasteiger partial charge in [-0.2, -0.15) is 0 Å². The lowest BCUT2D eigenvalue weighted by Gasteiger charge is -2.71. The molecule has 15 atom stereocenters. The Morgan fingerprint density at radius 2 is 1.57 bits per heavy atom. The number of allylic oxidation sites excluding steroid dienone is 2. The maximum Gasteiger partial charge on any atom is 0.310 e. The number of aliphatic carboxylic acids is 1. The third-order valence-corrected chi connectivity index (χ3v) is 15.2. The highest BCUT2D eigenvalue weighted by atomic mass is 16.7. The van der Waals surface area contributed by atoms with Gasteiger partial charge in [-0.1, -0.05) is 53.2 Å². The first kappa shape index (κ1) is 34.7. The predicted molar refractivity (Wildman–Crippen MR) is 168 cm³/mol. The molecule has 10 nitrogen and oxygen atoms in total. The van der Waals surface area contributed by atoms with Crippen LogP contribution in [-0.2, 0) is 14.3 Å². The number of aliphatic hydroxyl groups is 6. The number of hydrogen-bond acceptors (Lipinski definition) is 9. The van der Waals surface area contributed by atoms with E-state index >= 15 is 0 Å². The van der Waals surface area contributed by atoms with Gasteiger partial charge in [-0.25, -0.2) is 0 Å². The Balaban J connectivity index is 1.34. The standard InChI is InChI=1S/C36H58O10/c1-31(2)11-13-36(30(43)44)14-12-34(5)19(20(36)15-31)7-8-24-32(3)16-21(39)28(33(4,18-38)23(32)9-10-35(24,34)6)46-29-27(42)26(41)25(40)22(17-37)45-29/h7,20-29,37-42H,8-18H2,1-6H3,(H,43,44)/t20-,21-,22+,23-,24+,25+,26-,27+,28-,29-,32-,33-,34+,35+,36-/m0/s1. The molecule has 262 valence electrons. The van der Waals surface area contributed by atoms with Crippen LogP contribution in [0.3, 0.4) is 0 Å². The zero-order valence-electron chi connectivity index (χ0n) is 28.5. The molecule has 0 aromatic heterocycles. The highest BCUT2D eigenvalue weighted by Gasteiger charge is 2.71. The van der Waals surface area contributed by atoms with Gasteiger partial charge in [-0.15, -0.1) is 0 Å². The highest BCUT2D eigenvalue weighted by Crippen LogP contribution is 2.76. The Labute approximate surface area is 273 Å². The van der Waals surface area contributed by atoms with Crippen molar-refractivity contribution < 1.29 is 50.0 Å². The van der Waals surface area contributed by atoms with Gasteiger partial charge < -0.3 is 45.2 Å². The van der Waals surface area contributed by atoms with Crippen molar-refractivity contribution >= 4 is 5.97 Å². The molecule has 46 heavy (non-hydrogen) atoms. The fourth-order valence-electron chi connectivity index (χ4n) is 12.3. The van der Waals surface area contributed by atoms with Crippen LogP contribution < -0.4 is 0 Å². The lowest BCUT2D eigenvalue weighted by atomic mass is 9.33. The van der Waals surface area contributed by atoms with Crippen molar-refractivity contribution in [3.63, 3.8) is 0 Å². The highest BCUT2D eigenvalue weighted by molar-refractivity contribution is 5.76. The quantitative estimate of drug-likeness (QED) is 0.173. The maximum atomic E-state index is 13.0. The van der Waals surface area contributed by atoms with Crippen molar-refractivity contribution in [3.8, 4) is 0 Å². The molecule has 10 heteroatoms. The smallest absolute Gasteiger partial charge is 0.310 e. The topological polar surface area (TPSA) is 177 Å². The number of carbonyl (C=O) groups is 1. The Hall–Kier alpha value is -1.11. The first-order valence-corrected chi connectivity index (χ1v) is 17.5. The van der Waals surface area contributed by atoms with Gasteiger partial charge in [0.05, 0.1) is 30.8 Å². The van der Waals surface area contributed by atoms with Crippen LogP contribution in [-0.4, -0.2) is 97.8 Å². The van der Waals surface area contributed by atoms with Crippen molar-refractivity contribution in [3.05, 3.63) is 11.6 Å². The number of fused-ring (bicyclic) bond motifs is 7. The SMILES string of the molecule is CC1(C)CC[C@]2(C(=O)O)CC[C@]3(C)C(=CC[C@@H]4[C@@]5(C)C[C@H](O)[C@H](O[C@@H]6O[C@H](CO)[C@@H](O)[C@H](O)[C@H]6O)[C@@](C)(CO)[C@H]5CC[C@]43C)[C@@H]2C1. The van der Waals surface area contributed by atoms with E-state index in [0.717, 1.165) is 38.5 Å². The van der Waals surface area contributed by atoms with E-state index in [1.807, 2.05) is 6.92 Å². The Bertz CT molecular complexity index is 1240. The number of rotatable bonds is 5. The minimum atomic E-state index is -1.60. The van der Waals surface area contributed by atoms with E-state index in [1.165, 1.54) is 5.57 Å². The summed E-state index contributed by atoms with van der Waals surface area (Å²) in [5, 5.41) is 74.6. The van der Waals surface area contributed by atoms with Gasteiger partial charge in [0.25, 0.3) is 0 Å². The Morgan fingerprint density at radius 1 is 0.891 bits per heavy atom. The molecule has 1 saturated heterocycles. The number of carboxylic acids is 1. The summed E-state index contributed by atoms with van der Waals surface area (Å²) in [5.74, 6) is -0.518. The molecule has 4 saturated carbocycles. The fraction of sp³-hybridized carbons (Fsp3) is 0.917. The second-order valence-corrected chi connectivity index (χ2v) is 17.9. The third kappa shape index (κ3) is 4.60. The second-order valence-electron chi connectivity index (χ2n) is 17.9. The average molecular weight is 651 g/mol. The Morgan fingerprint density at radius 3 is 2.20 bits per heavy atom. The minimum absolute atomic E-state index is 0.00627. The first-order chi connectivity index (χ1) is 21.3. The lowest BCUT2D eigenvalue weighted by molar-refractivity contribution is -0.345. The van der Waals surface area contributed by atoms with Crippen molar-refractivity contribution in [1.82, 2.24) is 0 Å². The summed E-state index contributed by atoms with van der Waals surface area (Å²) in [7, 11) is 0. The Kier molecular flexibility index (Phi) is 8.46. The van der Waals surface area contributed by atoms with Gasteiger partial charge in [-0.3, -0.25) is 4.79 Å². The summed E-state index contributed by atoms with van der Waals surface area (Å²) in [4.78, 5) is 13.0. The van der Waals surface area contributed by atoms with E-state index < -0.39 is 66.3 Å². The summed E-state index contributed by atoms with van der Waals surface area (Å²) in [6.45, 7) is 12.6. The predicted octanol–water partition coefficient (Wildman–Crippen LogP) is 3.00. The van der Waals surface area contributed by atoms with Crippen LogP contribution in [0.1, 0.15) is 99.3 Å². The van der Waals surface area contributed by atoms with Gasteiger partial charge in [0.15, 0.2) is 6.29 Å². The molecule has 7 N–H and O–H groups in total. The molecule has 1 aliphatic heterocycles. The van der Waals surface area contributed by atoms with Crippen LogP contribution in [0.25, 0.3) is 0 Å². The normalized spacial score (nSPS) is 54.8. The zero-order valence-corrected chi connectivity index (χ0v) is 28.5. The number of hydrogen-bond donors (Lipinski definition) is 7. The fourth-order valence-corrected chi connectivity index (χ4v) is 12.3. The molecule has 0 radical (unpaired) electrons. The van der Waals surface area contributed by atoms with Gasteiger partial charge in [0, 0.05) is 5.41 Å². The second kappa shape index (κ2) is 11.2. The zero-order chi connectivity index (χ0) is 33.8. The summed E-state index contributed by atoms with van der Waals surface area (Å²) in [6.07, 6.45) is 0.0131. The molecule has 5 aliphatic carbocycles. The van der Waals surface area contributed by atoms with E-state index in [4.69, 9.17) is 9.47 Å². The molecular formula is C36H58O10. The van der Waals surface area contributed by atoms with Crippen LogP contribution in [0.15, 0.2) is 11.6 Å². The monoisotopic (exact) mass is 650 g/mol. The summed E-state index contributed by atoms with van der Waals surface area (Å²) in [6, 6.07) is 0. The first-order valence-electron chi connectivity index (χ1n) is 17.5. The van der Waals surface area contributed by atoms with Crippen LogP contribution in [0, 0.1) is 50.2 Å². The van der Waals surface area contributed by atoms with E-state index in [1.54, 1.807) is 0 Å². The van der Waals surface area contributed by atoms with Crippen molar-refractivity contribution in [2.24, 2.45) is 50.2 Å². The molecule has 0 spiro atoms. The molecule has 0 amide bonds. The summed E-state index contributed by atoms with van der Waals surface area (Å²) in [5.41, 5.74) is -0.930. The molecule has 0 unspecified atom stereocenters. The summed E-state index contributed by atoms with van der Waals surface area (Å²) < 4.78 is 11.9. The van der Waals surface area contributed by atoms with E-state index in [-0.39, 0.29) is 46.0 Å². The van der Waals surface area contributed by atoms with Crippen LogP contribution >= 0.6 is 0 Å². The van der Waals surface area contributed by atoms with Gasteiger partial charge in [-0.05, 0) is 97.2 Å². The van der Waals surface area contributed by atoms with E-state index in [9.17, 15) is 40.5 Å². The van der Waals surface area contributed by atoms with Gasteiger partial charge in [0.1, 0.15) is 24.4 Å². The summed E-state index contributed by atoms with van der Waals surface area (Å²) >= 11 is 0. The van der Waals surface area contributed by atoms with Gasteiger partial charge >= 0.3 is 5.97 Å². The molecule has 6 aliphatic rings. The molecule has 0 aromatic carbocycles. The molecule has 0 aromatic rings. The molecule has 0 bridgehead atoms. The average Bonchev–Trinajstić information content (AvgIpc) is 2.98. The number of aliphatic hydroxyl groups excluding tert-OH is 6. The lowest BCUT2D eigenvalue weighted by Crippen LogP contribution is -2.69. The third-order valence-electron chi connectivity index (χ3n) is 15.2. The molecule has 1 heterocycles. The molecular weight excluding hydrogens is 592 g/mol. The van der Waals surface area contributed by atoms with E-state index in [0.29, 0.717) is 19.3 Å². The minimum Gasteiger partial charge on any atom is -0.481 e. The molecule has 6 rings (SSSR count). The van der Waals surface area contributed by atoms with Crippen LogP contribution in [0.2, 0.25) is 0 Å². The van der Waals surface area contributed by atoms with Crippen molar-refractivity contribution in [2.75, 3.05) is 13.2 Å². The van der Waals surface area contributed by atoms with Gasteiger partial charge in [0.2, 0.25) is 0 Å². The van der Waals surface area contributed by atoms with Crippen LogP contribution in [0.4, 0.5) is 0 Å². The van der Waals surface area contributed by atoms with Crippen molar-refractivity contribution in [2.45, 2.75) is 142 Å². The maximum absolute atomic E-state index is 13.0. The number of carboxylic acid groups (broad SMARTS) is 1. The largest absolute Gasteiger partial charge is 0.481 e. The van der Waals surface area contributed by atoms with Crippen LogP contribution in [0.5, 0.6) is 0 Å².